The van der Waals surface area contributed by atoms with Gasteiger partial charge in [-0.3, -0.25) is 9.59 Å². The molecular formula is C17H23FN2O2. The first-order valence-corrected chi connectivity index (χ1v) is 7.80. The summed E-state index contributed by atoms with van der Waals surface area (Å²) in [6, 6.07) is 6.03. The predicted molar refractivity (Wildman–Crippen MR) is 83.0 cm³/mol. The van der Waals surface area contributed by atoms with Gasteiger partial charge in [-0.2, -0.15) is 0 Å². The minimum Gasteiger partial charge on any atom is -0.341 e. The fourth-order valence-corrected chi connectivity index (χ4v) is 2.65. The molecule has 1 aliphatic rings. The Morgan fingerprint density at radius 1 is 1.09 bits per heavy atom. The smallest absolute Gasteiger partial charge is 0.256 e. The van der Waals surface area contributed by atoms with E-state index in [-0.39, 0.29) is 17.4 Å². The summed E-state index contributed by atoms with van der Waals surface area (Å²) in [5, 5.41) is 0. The molecule has 2 rings (SSSR count). The molecule has 0 radical (unpaired) electrons. The molecule has 1 aromatic rings. The Kier molecular flexibility index (Phi) is 5.52. The van der Waals surface area contributed by atoms with Gasteiger partial charge in [0, 0.05) is 32.6 Å². The summed E-state index contributed by atoms with van der Waals surface area (Å²) >= 11 is 0. The molecule has 1 aromatic carbocycles. The molecule has 0 unspecified atom stereocenters. The van der Waals surface area contributed by atoms with Crippen molar-refractivity contribution in [3.8, 4) is 0 Å². The summed E-state index contributed by atoms with van der Waals surface area (Å²) in [5.41, 5.74) is 0.101. The Morgan fingerprint density at radius 3 is 2.41 bits per heavy atom. The highest BCUT2D eigenvalue weighted by molar-refractivity contribution is 5.94. The Morgan fingerprint density at radius 2 is 1.73 bits per heavy atom. The van der Waals surface area contributed by atoms with Crippen LogP contribution in [0, 0.1) is 11.7 Å². The molecule has 1 saturated heterocycles. The average Bonchev–Trinajstić information content (AvgIpc) is 2.72. The largest absolute Gasteiger partial charge is 0.341 e. The lowest BCUT2D eigenvalue weighted by molar-refractivity contribution is -0.131. The Balaban J connectivity index is 2.00. The zero-order chi connectivity index (χ0) is 16.1. The molecule has 1 heterocycles. The van der Waals surface area contributed by atoms with Crippen molar-refractivity contribution in [2.45, 2.75) is 26.7 Å². The summed E-state index contributed by atoms with van der Waals surface area (Å²) in [5.74, 6) is -0.331. The molecule has 120 valence electrons. The summed E-state index contributed by atoms with van der Waals surface area (Å²) in [6.45, 7) is 6.22. The van der Waals surface area contributed by atoms with Crippen LogP contribution in [-0.2, 0) is 4.79 Å². The highest BCUT2D eigenvalue weighted by atomic mass is 19.1. The number of carbonyl (C=O) groups is 2. The van der Waals surface area contributed by atoms with Gasteiger partial charge in [0.2, 0.25) is 5.91 Å². The second-order valence-corrected chi connectivity index (χ2v) is 6.10. The monoisotopic (exact) mass is 306 g/mol. The van der Waals surface area contributed by atoms with Crippen molar-refractivity contribution in [3.63, 3.8) is 0 Å². The van der Waals surface area contributed by atoms with Crippen LogP contribution in [0.1, 0.15) is 37.0 Å². The van der Waals surface area contributed by atoms with Gasteiger partial charge in [0.15, 0.2) is 0 Å². The van der Waals surface area contributed by atoms with Gasteiger partial charge in [-0.05, 0) is 24.5 Å². The van der Waals surface area contributed by atoms with Crippen molar-refractivity contribution in [2.75, 3.05) is 26.2 Å². The van der Waals surface area contributed by atoms with Crippen molar-refractivity contribution in [3.05, 3.63) is 35.6 Å². The number of benzene rings is 1. The molecule has 0 aromatic heterocycles. The van der Waals surface area contributed by atoms with E-state index in [4.69, 9.17) is 0 Å². The molecule has 5 heteroatoms. The first-order valence-electron chi connectivity index (χ1n) is 7.80. The fourth-order valence-electron chi connectivity index (χ4n) is 2.65. The molecule has 0 spiro atoms. The lowest BCUT2D eigenvalue weighted by atomic mass is 10.1. The van der Waals surface area contributed by atoms with Crippen molar-refractivity contribution < 1.29 is 14.0 Å². The topological polar surface area (TPSA) is 40.6 Å². The number of rotatable bonds is 3. The van der Waals surface area contributed by atoms with Crippen LogP contribution in [-0.4, -0.2) is 47.8 Å². The van der Waals surface area contributed by atoms with Crippen molar-refractivity contribution in [1.29, 1.82) is 0 Å². The van der Waals surface area contributed by atoms with Crippen molar-refractivity contribution in [1.82, 2.24) is 9.80 Å². The number of hydrogen-bond donors (Lipinski definition) is 0. The van der Waals surface area contributed by atoms with E-state index in [0.29, 0.717) is 38.5 Å². The molecule has 1 aliphatic heterocycles. The van der Waals surface area contributed by atoms with Gasteiger partial charge in [0.25, 0.3) is 5.91 Å². The maximum absolute atomic E-state index is 13.7. The van der Waals surface area contributed by atoms with E-state index in [2.05, 4.69) is 0 Å². The summed E-state index contributed by atoms with van der Waals surface area (Å²) < 4.78 is 13.7. The van der Waals surface area contributed by atoms with E-state index in [1.807, 2.05) is 18.7 Å². The van der Waals surface area contributed by atoms with Gasteiger partial charge in [-0.25, -0.2) is 4.39 Å². The minimum atomic E-state index is -0.496. The van der Waals surface area contributed by atoms with E-state index >= 15 is 0 Å². The Hall–Kier alpha value is -1.91. The molecule has 0 N–H and O–H groups in total. The van der Waals surface area contributed by atoms with Crippen LogP contribution in [0.25, 0.3) is 0 Å². The SMILES string of the molecule is CC(C)CC(=O)N1CCCN(C(=O)c2ccccc2F)CC1. The van der Waals surface area contributed by atoms with Crippen molar-refractivity contribution in [2.24, 2.45) is 5.92 Å². The lowest BCUT2D eigenvalue weighted by Crippen LogP contribution is -2.37. The van der Waals surface area contributed by atoms with E-state index in [9.17, 15) is 14.0 Å². The second kappa shape index (κ2) is 7.38. The first-order chi connectivity index (χ1) is 10.5. The van der Waals surface area contributed by atoms with Crippen molar-refractivity contribution >= 4 is 11.8 Å². The van der Waals surface area contributed by atoms with Gasteiger partial charge in [-0.15, -0.1) is 0 Å². The van der Waals surface area contributed by atoms with E-state index in [0.717, 1.165) is 6.42 Å². The van der Waals surface area contributed by atoms with Crippen LogP contribution in [0.4, 0.5) is 4.39 Å². The maximum atomic E-state index is 13.7. The van der Waals surface area contributed by atoms with Crippen LogP contribution in [0.15, 0.2) is 24.3 Å². The van der Waals surface area contributed by atoms with Crippen LogP contribution in [0.5, 0.6) is 0 Å². The van der Waals surface area contributed by atoms with E-state index in [1.165, 1.54) is 12.1 Å². The molecule has 0 atom stereocenters. The Bertz CT molecular complexity index is 545. The number of nitrogens with zero attached hydrogens (tertiary/aromatic N) is 2. The number of amides is 2. The third-order valence-corrected chi connectivity index (χ3v) is 3.82. The number of halogens is 1. The van der Waals surface area contributed by atoms with Gasteiger partial charge < -0.3 is 9.80 Å². The highest BCUT2D eigenvalue weighted by Crippen LogP contribution is 2.14. The zero-order valence-electron chi connectivity index (χ0n) is 13.2. The van der Waals surface area contributed by atoms with Gasteiger partial charge >= 0.3 is 0 Å². The summed E-state index contributed by atoms with van der Waals surface area (Å²) in [7, 11) is 0. The molecule has 0 bridgehead atoms. The van der Waals surface area contributed by atoms with Gasteiger partial charge in [-0.1, -0.05) is 26.0 Å². The minimum absolute atomic E-state index is 0.101. The predicted octanol–water partition coefficient (Wildman–Crippen LogP) is 2.55. The number of carbonyl (C=O) groups excluding carboxylic acids is 2. The molecular weight excluding hydrogens is 283 g/mol. The molecule has 0 saturated carbocycles. The molecule has 1 fully saturated rings. The van der Waals surface area contributed by atoms with E-state index in [1.54, 1.807) is 17.0 Å². The highest BCUT2D eigenvalue weighted by Gasteiger charge is 2.24. The van der Waals surface area contributed by atoms with Gasteiger partial charge in [0.05, 0.1) is 5.56 Å². The fraction of sp³-hybridized carbons (Fsp3) is 0.529. The summed E-state index contributed by atoms with van der Waals surface area (Å²) in [4.78, 5) is 28.0. The van der Waals surface area contributed by atoms with Crippen LogP contribution >= 0.6 is 0 Å². The molecule has 22 heavy (non-hydrogen) atoms. The molecule has 0 aliphatic carbocycles. The maximum Gasteiger partial charge on any atom is 0.256 e. The third-order valence-electron chi connectivity index (χ3n) is 3.82. The van der Waals surface area contributed by atoms with E-state index < -0.39 is 5.82 Å². The van der Waals surface area contributed by atoms with Gasteiger partial charge in [0.1, 0.15) is 5.82 Å². The van der Waals surface area contributed by atoms with Crippen LogP contribution in [0.2, 0.25) is 0 Å². The molecule has 4 nitrogen and oxygen atoms in total. The second-order valence-electron chi connectivity index (χ2n) is 6.10. The zero-order valence-corrected chi connectivity index (χ0v) is 13.2. The standard InChI is InChI=1S/C17H23FN2O2/c1-13(2)12-16(21)19-8-5-9-20(11-10-19)17(22)14-6-3-4-7-15(14)18/h3-4,6-7,13H,5,8-12H2,1-2H3. The van der Waals surface area contributed by atoms with Crippen LogP contribution in [0.3, 0.4) is 0 Å². The Labute approximate surface area is 130 Å². The third kappa shape index (κ3) is 4.06. The van der Waals surface area contributed by atoms with Crippen LogP contribution < -0.4 is 0 Å². The summed E-state index contributed by atoms with van der Waals surface area (Å²) in [6.07, 6.45) is 1.26. The molecule has 2 amide bonds. The normalized spacial score (nSPS) is 15.8. The quantitative estimate of drug-likeness (QED) is 0.861. The average molecular weight is 306 g/mol. The first kappa shape index (κ1) is 16.5. The lowest BCUT2D eigenvalue weighted by Gasteiger charge is -2.23. The number of hydrogen-bond acceptors (Lipinski definition) is 2.